The molecule has 0 spiro atoms. The molecule has 0 bridgehead atoms. The monoisotopic (exact) mass is 264 g/mol. The first-order valence-electron chi connectivity index (χ1n) is 6.01. The van der Waals surface area contributed by atoms with E-state index in [1.807, 2.05) is 28.9 Å². The largest absolute Gasteiger partial charge is 0.378 e. The van der Waals surface area contributed by atoms with Crippen LogP contribution in [0, 0.1) is 5.92 Å². The number of benzene rings is 1. The zero-order valence-electron chi connectivity index (χ0n) is 10.6. The van der Waals surface area contributed by atoms with Crippen molar-refractivity contribution < 1.29 is 0 Å². The third-order valence-corrected chi connectivity index (χ3v) is 2.78. The Hall–Kier alpha value is -1.55. The Morgan fingerprint density at radius 3 is 2.67 bits per heavy atom. The van der Waals surface area contributed by atoms with Crippen LogP contribution in [-0.2, 0) is 13.1 Å². The van der Waals surface area contributed by atoms with Gasteiger partial charge in [-0.25, -0.2) is 9.67 Å². The average Bonchev–Trinajstić information content (AvgIpc) is 2.75. The molecule has 96 valence electrons. The number of hydrogen-bond donors (Lipinski definition) is 1. The van der Waals surface area contributed by atoms with Crippen LogP contribution in [0.25, 0.3) is 0 Å². The lowest BCUT2D eigenvalue weighted by molar-refractivity contribution is 0.468. The van der Waals surface area contributed by atoms with Crippen molar-refractivity contribution >= 4 is 17.3 Å². The summed E-state index contributed by atoms with van der Waals surface area (Å²) in [5.41, 5.74) is 1.03. The van der Waals surface area contributed by atoms with Gasteiger partial charge in [-0.2, -0.15) is 5.10 Å². The lowest BCUT2D eigenvalue weighted by Crippen LogP contribution is -2.13. The molecule has 0 aliphatic heterocycles. The van der Waals surface area contributed by atoms with Crippen molar-refractivity contribution in [3.05, 3.63) is 41.4 Å². The van der Waals surface area contributed by atoms with Crippen molar-refractivity contribution in [3.8, 4) is 0 Å². The number of rotatable bonds is 5. The minimum Gasteiger partial charge on any atom is -0.378 e. The summed E-state index contributed by atoms with van der Waals surface area (Å²) < 4.78 is 1.94. The fourth-order valence-electron chi connectivity index (χ4n) is 1.67. The molecule has 1 aromatic heterocycles. The summed E-state index contributed by atoms with van der Waals surface area (Å²) >= 11 is 5.84. The van der Waals surface area contributed by atoms with E-state index in [0.29, 0.717) is 12.5 Å². The van der Waals surface area contributed by atoms with Gasteiger partial charge in [0.1, 0.15) is 12.2 Å². The second-order valence-electron chi connectivity index (χ2n) is 4.61. The van der Waals surface area contributed by atoms with Crippen LogP contribution in [0.1, 0.15) is 19.7 Å². The van der Waals surface area contributed by atoms with Gasteiger partial charge in [-0.15, -0.1) is 0 Å². The first-order chi connectivity index (χ1) is 8.65. The Labute approximate surface area is 112 Å². The molecule has 1 heterocycles. The molecular formula is C13H17ClN4. The van der Waals surface area contributed by atoms with E-state index < -0.39 is 0 Å². The first kappa shape index (κ1) is 12.9. The van der Waals surface area contributed by atoms with Crippen LogP contribution in [0.5, 0.6) is 0 Å². The molecule has 0 saturated carbocycles. The van der Waals surface area contributed by atoms with Gasteiger partial charge in [0.05, 0.1) is 6.54 Å². The van der Waals surface area contributed by atoms with E-state index in [4.69, 9.17) is 11.6 Å². The van der Waals surface area contributed by atoms with Gasteiger partial charge < -0.3 is 5.32 Å². The molecule has 0 aliphatic rings. The molecule has 1 N–H and O–H groups in total. The summed E-state index contributed by atoms with van der Waals surface area (Å²) in [6.07, 6.45) is 1.60. The van der Waals surface area contributed by atoms with Gasteiger partial charge in [0.15, 0.2) is 0 Å². The van der Waals surface area contributed by atoms with Crippen molar-refractivity contribution in [2.75, 3.05) is 5.32 Å². The lowest BCUT2D eigenvalue weighted by Gasteiger charge is -2.10. The number of aromatic nitrogens is 3. The molecule has 0 saturated heterocycles. The Morgan fingerprint density at radius 2 is 2.00 bits per heavy atom. The first-order valence-corrected chi connectivity index (χ1v) is 6.39. The number of anilines is 1. The Kier molecular flexibility index (Phi) is 4.20. The molecule has 18 heavy (non-hydrogen) atoms. The van der Waals surface area contributed by atoms with Crippen molar-refractivity contribution in [1.29, 1.82) is 0 Å². The smallest absolute Gasteiger partial charge is 0.146 e. The highest BCUT2D eigenvalue weighted by Crippen LogP contribution is 2.14. The number of halogens is 1. The molecule has 0 amide bonds. The van der Waals surface area contributed by atoms with E-state index >= 15 is 0 Å². The second kappa shape index (κ2) is 5.87. The molecule has 5 heteroatoms. The van der Waals surface area contributed by atoms with Gasteiger partial charge in [0.2, 0.25) is 0 Å². The lowest BCUT2D eigenvalue weighted by atomic mass is 10.2. The summed E-state index contributed by atoms with van der Waals surface area (Å²) in [7, 11) is 0. The number of nitrogens with zero attached hydrogens (tertiary/aromatic N) is 3. The molecular weight excluding hydrogens is 248 g/mol. The van der Waals surface area contributed by atoms with E-state index in [0.717, 1.165) is 23.1 Å². The van der Waals surface area contributed by atoms with Gasteiger partial charge >= 0.3 is 0 Å². The molecule has 0 unspecified atom stereocenters. The molecule has 1 aromatic carbocycles. The second-order valence-corrected chi connectivity index (χ2v) is 5.05. The van der Waals surface area contributed by atoms with Gasteiger partial charge in [0, 0.05) is 17.3 Å². The van der Waals surface area contributed by atoms with Crippen LogP contribution in [0.15, 0.2) is 30.6 Å². The van der Waals surface area contributed by atoms with Gasteiger partial charge in [-0.05, 0) is 30.2 Å². The maximum atomic E-state index is 5.84. The van der Waals surface area contributed by atoms with Crippen molar-refractivity contribution in [3.63, 3.8) is 0 Å². The van der Waals surface area contributed by atoms with Crippen molar-refractivity contribution in [2.24, 2.45) is 5.92 Å². The fraction of sp³-hybridized carbons (Fsp3) is 0.385. The Bertz CT molecular complexity index is 490. The van der Waals surface area contributed by atoms with Crippen LogP contribution < -0.4 is 5.32 Å². The quantitative estimate of drug-likeness (QED) is 0.902. The summed E-state index contributed by atoms with van der Waals surface area (Å²) in [4.78, 5) is 4.27. The van der Waals surface area contributed by atoms with E-state index in [9.17, 15) is 0 Å². The molecule has 0 aliphatic carbocycles. The van der Waals surface area contributed by atoms with Crippen LogP contribution in [-0.4, -0.2) is 14.8 Å². The highest BCUT2D eigenvalue weighted by molar-refractivity contribution is 6.30. The summed E-state index contributed by atoms with van der Waals surface area (Å²) in [6, 6.07) is 7.63. The predicted molar refractivity (Wildman–Crippen MR) is 73.6 cm³/mol. The van der Waals surface area contributed by atoms with Crippen molar-refractivity contribution in [1.82, 2.24) is 14.8 Å². The third kappa shape index (κ3) is 3.47. The highest BCUT2D eigenvalue weighted by atomic mass is 35.5. The standard InChI is InChI=1S/C13H17ClN4/c1-10(2)8-18-13(16-9-17-18)7-15-12-5-3-11(14)4-6-12/h3-6,9-10,15H,7-8H2,1-2H3. The van der Waals surface area contributed by atoms with Gasteiger partial charge in [-0.1, -0.05) is 25.4 Å². The highest BCUT2D eigenvalue weighted by Gasteiger charge is 2.05. The minimum absolute atomic E-state index is 0.556. The summed E-state index contributed by atoms with van der Waals surface area (Å²) in [6.45, 7) is 5.88. The molecule has 4 nitrogen and oxygen atoms in total. The van der Waals surface area contributed by atoms with Crippen LogP contribution in [0.4, 0.5) is 5.69 Å². The topological polar surface area (TPSA) is 42.7 Å². The molecule has 0 radical (unpaired) electrons. The maximum absolute atomic E-state index is 5.84. The summed E-state index contributed by atoms with van der Waals surface area (Å²) in [5.74, 6) is 1.50. The summed E-state index contributed by atoms with van der Waals surface area (Å²) in [5, 5.41) is 8.27. The molecule has 2 aromatic rings. The minimum atomic E-state index is 0.556. The fourth-order valence-corrected chi connectivity index (χ4v) is 1.80. The van der Waals surface area contributed by atoms with E-state index in [-0.39, 0.29) is 0 Å². The SMILES string of the molecule is CC(C)Cn1ncnc1CNc1ccc(Cl)cc1. The van der Waals surface area contributed by atoms with Gasteiger partial charge in [-0.3, -0.25) is 0 Å². The Balaban J connectivity index is 1.97. The van der Waals surface area contributed by atoms with Crippen molar-refractivity contribution in [2.45, 2.75) is 26.9 Å². The van der Waals surface area contributed by atoms with E-state index in [1.54, 1.807) is 6.33 Å². The third-order valence-electron chi connectivity index (χ3n) is 2.53. The maximum Gasteiger partial charge on any atom is 0.146 e. The van der Waals surface area contributed by atoms with Crippen LogP contribution in [0.3, 0.4) is 0 Å². The van der Waals surface area contributed by atoms with E-state index in [2.05, 4.69) is 29.2 Å². The number of nitrogens with one attached hydrogen (secondary N) is 1. The molecule has 0 fully saturated rings. The zero-order valence-corrected chi connectivity index (χ0v) is 11.4. The normalized spacial score (nSPS) is 10.9. The zero-order chi connectivity index (χ0) is 13.0. The van der Waals surface area contributed by atoms with Crippen LogP contribution >= 0.6 is 11.6 Å². The number of hydrogen-bond acceptors (Lipinski definition) is 3. The van der Waals surface area contributed by atoms with Crippen LogP contribution in [0.2, 0.25) is 5.02 Å². The average molecular weight is 265 g/mol. The predicted octanol–water partition coefficient (Wildman–Crippen LogP) is 3.20. The molecule has 2 rings (SSSR count). The van der Waals surface area contributed by atoms with Gasteiger partial charge in [0.25, 0.3) is 0 Å². The van der Waals surface area contributed by atoms with E-state index in [1.165, 1.54) is 0 Å². The Morgan fingerprint density at radius 1 is 1.28 bits per heavy atom. The molecule has 0 atom stereocenters.